The Labute approximate surface area is 92.3 Å². The molecule has 0 aliphatic carbocycles. The molecule has 0 fully saturated rings. The van der Waals surface area contributed by atoms with Gasteiger partial charge in [0.2, 0.25) is 5.91 Å². The number of hydrogen-bond acceptors (Lipinski definition) is 2. The molecule has 0 heterocycles. The second kappa shape index (κ2) is 5.73. The summed E-state index contributed by atoms with van der Waals surface area (Å²) in [5.41, 5.74) is 5.61. The van der Waals surface area contributed by atoms with Crippen molar-refractivity contribution in [3.63, 3.8) is 0 Å². The molecule has 0 aliphatic heterocycles. The average Bonchev–Trinajstić information content (AvgIpc) is 2.12. The molecule has 0 aliphatic rings. The molecule has 0 saturated heterocycles. The summed E-state index contributed by atoms with van der Waals surface area (Å²) < 4.78 is 0. The van der Waals surface area contributed by atoms with Crippen molar-refractivity contribution in [2.75, 3.05) is 6.54 Å². The van der Waals surface area contributed by atoms with Crippen LogP contribution in [0.15, 0.2) is 4.99 Å². The van der Waals surface area contributed by atoms with Crippen LogP contribution in [-0.2, 0) is 4.79 Å². The van der Waals surface area contributed by atoms with Crippen molar-refractivity contribution in [1.29, 1.82) is 0 Å². The normalized spacial score (nSPS) is 14.9. The van der Waals surface area contributed by atoms with Gasteiger partial charge >= 0.3 is 0 Å². The number of carbonyl (C=O) groups excluding carboxylic acids is 1. The van der Waals surface area contributed by atoms with Gasteiger partial charge in [0.05, 0.1) is 0 Å². The van der Waals surface area contributed by atoms with E-state index in [4.69, 9.17) is 5.73 Å². The number of aliphatic imine (C=N–C) groups is 1. The fourth-order valence-electron chi connectivity index (χ4n) is 0.857. The van der Waals surface area contributed by atoms with E-state index in [1.807, 2.05) is 27.7 Å². The average molecular weight is 213 g/mol. The molecule has 1 atom stereocenters. The molecule has 0 rings (SSSR count). The molecule has 0 spiro atoms. The van der Waals surface area contributed by atoms with E-state index in [1.54, 1.807) is 6.92 Å². The molecule has 1 amide bonds. The number of amides is 1. The van der Waals surface area contributed by atoms with E-state index < -0.39 is 6.04 Å². The van der Waals surface area contributed by atoms with Crippen LogP contribution in [0.1, 0.15) is 41.0 Å². The van der Waals surface area contributed by atoms with Crippen molar-refractivity contribution in [2.24, 2.45) is 16.1 Å². The lowest BCUT2D eigenvalue weighted by Crippen LogP contribution is -2.36. The van der Waals surface area contributed by atoms with Crippen molar-refractivity contribution >= 4 is 11.7 Å². The Morgan fingerprint density at radius 1 is 1.47 bits per heavy atom. The summed E-state index contributed by atoms with van der Waals surface area (Å²) in [5.74, 6) is 0.450. The monoisotopic (exact) mass is 213 g/mol. The third-order valence-electron chi connectivity index (χ3n) is 2.03. The summed E-state index contributed by atoms with van der Waals surface area (Å²) in [4.78, 5) is 15.7. The Kier molecular flexibility index (Phi) is 5.33. The van der Waals surface area contributed by atoms with Crippen molar-refractivity contribution < 1.29 is 4.79 Å². The topological polar surface area (TPSA) is 67.5 Å². The van der Waals surface area contributed by atoms with E-state index in [2.05, 4.69) is 10.3 Å². The Morgan fingerprint density at radius 3 is 2.40 bits per heavy atom. The second-order valence-corrected chi connectivity index (χ2v) is 4.73. The summed E-state index contributed by atoms with van der Waals surface area (Å²) in [7, 11) is 0. The van der Waals surface area contributed by atoms with Gasteiger partial charge in [0.1, 0.15) is 11.9 Å². The third kappa shape index (κ3) is 5.40. The molecule has 0 aromatic carbocycles. The zero-order chi connectivity index (χ0) is 12.1. The van der Waals surface area contributed by atoms with E-state index in [0.717, 1.165) is 6.42 Å². The molecule has 0 bridgehead atoms. The van der Waals surface area contributed by atoms with Gasteiger partial charge in [-0.25, -0.2) is 0 Å². The van der Waals surface area contributed by atoms with Crippen LogP contribution < -0.4 is 11.1 Å². The number of nitrogens with zero attached hydrogens (tertiary/aromatic N) is 1. The van der Waals surface area contributed by atoms with E-state index in [-0.39, 0.29) is 11.3 Å². The zero-order valence-electron chi connectivity index (χ0n) is 10.4. The van der Waals surface area contributed by atoms with Gasteiger partial charge < -0.3 is 11.1 Å². The van der Waals surface area contributed by atoms with Gasteiger partial charge in [0.15, 0.2) is 0 Å². The highest BCUT2D eigenvalue weighted by Gasteiger charge is 2.18. The van der Waals surface area contributed by atoms with E-state index >= 15 is 0 Å². The lowest BCUT2D eigenvalue weighted by molar-refractivity contribution is -0.121. The van der Waals surface area contributed by atoms with E-state index in [0.29, 0.717) is 12.4 Å². The van der Waals surface area contributed by atoms with Gasteiger partial charge in [-0.05, 0) is 13.3 Å². The quantitative estimate of drug-likeness (QED) is 0.546. The van der Waals surface area contributed by atoms with Crippen molar-refractivity contribution in [3.05, 3.63) is 0 Å². The number of hydrogen-bond donors (Lipinski definition) is 2. The molecule has 0 radical (unpaired) electrons. The van der Waals surface area contributed by atoms with Gasteiger partial charge in [-0.1, -0.05) is 27.7 Å². The first-order valence-corrected chi connectivity index (χ1v) is 5.40. The maximum Gasteiger partial charge on any atom is 0.244 e. The number of nitrogens with one attached hydrogen (secondary N) is 1. The standard InChI is InChI=1S/C11H23N3O/c1-6-7-13-9(15)8(2)14-10(12)11(3,4)5/h8H,6-7H2,1-5H3,(H2,12,14)(H,13,15). The van der Waals surface area contributed by atoms with Crippen molar-refractivity contribution in [2.45, 2.75) is 47.1 Å². The predicted molar refractivity (Wildman–Crippen MR) is 63.8 cm³/mol. The SMILES string of the molecule is CCCNC(=O)C(C)N=C(N)C(C)(C)C. The minimum absolute atomic E-state index is 0.0657. The largest absolute Gasteiger partial charge is 0.387 e. The van der Waals surface area contributed by atoms with Crippen LogP contribution in [0.5, 0.6) is 0 Å². The molecule has 1 unspecified atom stereocenters. The van der Waals surface area contributed by atoms with Gasteiger partial charge in [0, 0.05) is 12.0 Å². The first-order valence-electron chi connectivity index (χ1n) is 5.40. The first kappa shape index (κ1) is 13.9. The van der Waals surface area contributed by atoms with Crippen LogP contribution in [0.2, 0.25) is 0 Å². The summed E-state index contributed by atoms with van der Waals surface area (Å²) in [6.07, 6.45) is 0.928. The molecule has 0 aromatic rings. The fourth-order valence-corrected chi connectivity index (χ4v) is 0.857. The molecule has 4 heteroatoms. The van der Waals surface area contributed by atoms with Crippen LogP contribution in [0, 0.1) is 5.41 Å². The highest BCUT2D eigenvalue weighted by atomic mass is 16.2. The summed E-state index contributed by atoms with van der Waals surface area (Å²) >= 11 is 0. The molecule has 0 saturated carbocycles. The van der Waals surface area contributed by atoms with Crippen LogP contribution in [0.25, 0.3) is 0 Å². The van der Waals surface area contributed by atoms with E-state index in [9.17, 15) is 4.79 Å². The maximum atomic E-state index is 11.5. The highest BCUT2D eigenvalue weighted by Crippen LogP contribution is 2.13. The van der Waals surface area contributed by atoms with Crippen molar-refractivity contribution in [1.82, 2.24) is 5.32 Å². The van der Waals surface area contributed by atoms with Crippen molar-refractivity contribution in [3.8, 4) is 0 Å². The number of rotatable bonds is 4. The zero-order valence-corrected chi connectivity index (χ0v) is 10.4. The number of carbonyl (C=O) groups is 1. The molecular weight excluding hydrogens is 190 g/mol. The Hall–Kier alpha value is -1.06. The minimum atomic E-state index is -0.407. The van der Waals surface area contributed by atoms with Gasteiger partial charge in [-0.15, -0.1) is 0 Å². The smallest absolute Gasteiger partial charge is 0.244 e. The fraction of sp³-hybridized carbons (Fsp3) is 0.818. The lowest BCUT2D eigenvalue weighted by atomic mass is 9.95. The predicted octanol–water partition coefficient (Wildman–Crippen LogP) is 1.30. The maximum absolute atomic E-state index is 11.5. The Morgan fingerprint density at radius 2 is 2.00 bits per heavy atom. The number of amidine groups is 1. The Bertz CT molecular complexity index is 241. The Balaban J connectivity index is 4.34. The van der Waals surface area contributed by atoms with Gasteiger partial charge in [0.25, 0.3) is 0 Å². The molecule has 88 valence electrons. The summed E-state index contributed by atoms with van der Waals surface area (Å²) in [5, 5.41) is 2.79. The summed E-state index contributed by atoms with van der Waals surface area (Å²) in [6.45, 7) is 10.4. The summed E-state index contributed by atoms with van der Waals surface area (Å²) in [6, 6.07) is -0.407. The lowest BCUT2D eigenvalue weighted by Gasteiger charge is -2.19. The van der Waals surface area contributed by atoms with Crippen LogP contribution in [0.3, 0.4) is 0 Å². The van der Waals surface area contributed by atoms with Crippen LogP contribution >= 0.6 is 0 Å². The van der Waals surface area contributed by atoms with Gasteiger partial charge in [-0.3, -0.25) is 9.79 Å². The first-order chi connectivity index (χ1) is 6.79. The molecule has 0 aromatic heterocycles. The third-order valence-corrected chi connectivity index (χ3v) is 2.03. The highest BCUT2D eigenvalue weighted by molar-refractivity contribution is 5.89. The minimum Gasteiger partial charge on any atom is -0.387 e. The second-order valence-electron chi connectivity index (χ2n) is 4.73. The number of nitrogens with two attached hydrogens (primary N) is 1. The van der Waals surface area contributed by atoms with Crippen LogP contribution in [0.4, 0.5) is 0 Å². The van der Waals surface area contributed by atoms with E-state index in [1.165, 1.54) is 0 Å². The molecule has 15 heavy (non-hydrogen) atoms. The van der Waals surface area contributed by atoms with Crippen LogP contribution in [-0.4, -0.2) is 24.3 Å². The molecular formula is C11H23N3O. The van der Waals surface area contributed by atoms with Gasteiger partial charge in [-0.2, -0.15) is 0 Å². The molecule has 3 N–H and O–H groups in total. The molecule has 4 nitrogen and oxygen atoms in total.